The van der Waals surface area contributed by atoms with Crippen molar-refractivity contribution < 1.29 is 27.9 Å². The molecule has 1 saturated carbocycles. The van der Waals surface area contributed by atoms with Gasteiger partial charge in [-0.05, 0) is 74.9 Å². The number of hydrogen-bond donors (Lipinski definition) is 3. The largest absolute Gasteiger partial charge is 0.481 e. The standard InChI is InChI=1S/C32H41N5O6S2.2ClH/c1-43-27-11-10-26-30(35-27)44-32(34-26)36-29(38)25(18-20-4-2-3-5-20)21-6-8-24(9-7-21)45(41,42)28-19-22(31(39)40)14-17-37(28)23-12-15-33-16-13-23;;/h6-11,20,22-23,25,28,33H,2-5,12-19H2,1H3,(H,39,40)(H,34,36,38);2*1H. The third-order valence-corrected chi connectivity index (χ3v) is 12.7. The van der Waals surface area contributed by atoms with Gasteiger partial charge >= 0.3 is 5.97 Å². The molecule has 1 amide bonds. The second-order valence-corrected chi connectivity index (χ2v) is 15.6. The van der Waals surface area contributed by atoms with Gasteiger partial charge in [-0.3, -0.25) is 14.5 Å². The molecule has 15 heteroatoms. The summed E-state index contributed by atoms with van der Waals surface area (Å²) in [5.41, 5.74) is 1.42. The zero-order chi connectivity index (χ0) is 31.6. The highest BCUT2D eigenvalue weighted by atomic mass is 35.5. The second kappa shape index (κ2) is 16.2. The molecule has 3 fully saturated rings. The number of nitrogens with zero attached hydrogens (tertiary/aromatic N) is 3. The van der Waals surface area contributed by atoms with Crippen LogP contribution in [0.1, 0.15) is 69.3 Å². The van der Waals surface area contributed by atoms with Gasteiger partial charge in [0.05, 0.1) is 23.8 Å². The van der Waals surface area contributed by atoms with Crippen LogP contribution in [0, 0.1) is 11.8 Å². The number of piperidine rings is 2. The first-order valence-corrected chi connectivity index (χ1v) is 18.2. The number of fused-ring (bicyclic) bond motifs is 1. The molecule has 3 N–H and O–H groups in total. The Morgan fingerprint density at radius 2 is 1.74 bits per heavy atom. The molecule has 258 valence electrons. The molecule has 3 aliphatic rings. The molecule has 2 saturated heterocycles. The zero-order valence-electron chi connectivity index (χ0n) is 26.3. The van der Waals surface area contributed by atoms with Crippen molar-refractivity contribution in [2.24, 2.45) is 11.8 Å². The van der Waals surface area contributed by atoms with Gasteiger partial charge < -0.3 is 20.5 Å². The number of amides is 1. The number of aromatic nitrogens is 2. The Balaban J connectivity index is 0.00000250. The fourth-order valence-corrected chi connectivity index (χ4v) is 9.99. The molecule has 6 rings (SSSR count). The normalized spacial score (nSPS) is 21.8. The van der Waals surface area contributed by atoms with E-state index in [-0.39, 0.29) is 48.1 Å². The van der Waals surface area contributed by atoms with Gasteiger partial charge in [0.2, 0.25) is 11.8 Å². The summed E-state index contributed by atoms with van der Waals surface area (Å²) in [6.45, 7) is 2.08. The summed E-state index contributed by atoms with van der Waals surface area (Å²) >= 11 is 1.28. The van der Waals surface area contributed by atoms with Crippen LogP contribution in [-0.4, -0.2) is 78.4 Å². The summed E-state index contributed by atoms with van der Waals surface area (Å²) in [7, 11) is -2.32. The van der Waals surface area contributed by atoms with E-state index in [9.17, 15) is 23.1 Å². The van der Waals surface area contributed by atoms with E-state index in [0.717, 1.165) is 57.2 Å². The van der Waals surface area contributed by atoms with E-state index in [1.807, 2.05) is 4.90 Å². The van der Waals surface area contributed by atoms with Crippen LogP contribution in [0.3, 0.4) is 0 Å². The van der Waals surface area contributed by atoms with Crippen LogP contribution >= 0.6 is 36.2 Å². The number of nitrogens with one attached hydrogen (secondary N) is 2. The highest BCUT2D eigenvalue weighted by Crippen LogP contribution is 2.38. The van der Waals surface area contributed by atoms with E-state index in [4.69, 9.17) is 4.74 Å². The van der Waals surface area contributed by atoms with Crippen LogP contribution in [0.5, 0.6) is 5.88 Å². The number of carboxylic acids is 1. The Morgan fingerprint density at radius 1 is 1.04 bits per heavy atom. The van der Waals surface area contributed by atoms with Crippen molar-refractivity contribution in [2.45, 2.75) is 80.0 Å². The number of rotatable bonds is 10. The minimum absolute atomic E-state index is 0. The molecule has 47 heavy (non-hydrogen) atoms. The van der Waals surface area contributed by atoms with Crippen LogP contribution in [-0.2, 0) is 19.4 Å². The lowest BCUT2D eigenvalue weighted by Crippen LogP contribution is -2.55. The van der Waals surface area contributed by atoms with E-state index >= 15 is 0 Å². The number of sulfone groups is 1. The molecule has 1 aliphatic carbocycles. The Labute approximate surface area is 292 Å². The van der Waals surface area contributed by atoms with E-state index in [1.54, 1.807) is 43.5 Å². The number of hydrogen-bond acceptors (Lipinski definition) is 10. The van der Waals surface area contributed by atoms with Crippen molar-refractivity contribution in [1.82, 2.24) is 20.2 Å². The first-order valence-electron chi connectivity index (χ1n) is 15.9. The first kappa shape index (κ1) is 37.3. The zero-order valence-corrected chi connectivity index (χ0v) is 29.6. The topological polar surface area (TPSA) is 151 Å². The summed E-state index contributed by atoms with van der Waals surface area (Å²) in [6, 6.07) is 10.3. The number of methoxy groups -OCH3 is 1. The number of pyridine rings is 1. The molecular weight excluding hydrogens is 685 g/mol. The molecular formula is C32H43Cl2N5O6S2. The van der Waals surface area contributed by atoms with Crippen molar-refractivity contribution in [2.75, 3.05) is 32.1 Å². The van der Waals surface area contributed by atoms with Gasteiger partial charge in [0.15, 0.2) is 15.0 Å². The predicted octanol–water partition coefficient (Wildman–Crippen LogP) is 5.49. The number of aliphatic carboxylic acids is 1. The summed E-state index contributed by atoms with van der Waals surface area (Å²) in [4.78, 5) is 37.5. The smallest absolute Gasteiger partial charge is 0.306 e. The average molecular weight is 729 g/mol. The summed E-state index contributed by atoms with van der Waals surface area (Å²) in [6.07, 6.45) is 7.28. The molecule has 4 heterocycles. The minimum atomic E-state index is -3.87. The fourth-order valence-electron chi connectivity index (χ4n) is 7.21. The number of ether oxygens (including phenoxy) is 1. The van der Waals surface area contributed by atoms with Gasteiger partial charge in [-0.15, -0.1) is 24.8 Å². The lowest BCUT2D eigenvalue weighted by Gasteiger charge is -2.43. The number of anilines is 1. The van der Waals surface area contributed by atoms with E-state index in [2.05, 4.69) is 20.6 Å². The summed E-state index contributed by atoms with van der Waals surface area (Å²) in [5.74, 6) is -1.41. The number of thiazole rings is 1. The SMILES string of the molecule is COc1ccc2nc(NC(=O)C(CC3CCCC3)c3ccc(S(=O)(=O)C4CC(C(=O)O)CCN4C4CCNCC4)cc3)sc2n1.Cl.Cl. The average Bonchev–Trinajstić information content (AvgIpc) is 3.73. The van der Waals surface area contributed by atoms with Gasteiger partial charge in [0.1, 0.15) is 15.7 Å². The predicted molar refractivity (Wildman–Crippen MR) is 187 cm³/mol. The van der Waals surface area contributed by atoms with Crippen LogP contribution in [0.25, 0.3) is 10.3 Å². The third-order valence-electron chi connectivity index (χ3n) is 9.72. The van der Waals surface area contributed by atoms with Crippen molar-refractivity contribution in [3.8, 4) is 5.88 Å². The quantitative estimate of drug-likeness (QED) is 0.245. The Morgan fingerprint density at radius 3 is 2.40 bits per heavy atom. The Hall–Kier alpha value is -2.55. The lowest BCUT2D eigenvalue weighted by atomic mass is 9.87. The maximum atomic E-state index is 14.1. The molecule has 0 spiro atoms. The van der Waals surface area contributed by atoms with Crippen LogP contribution in [0.15, 0.2) is 41.3 Å². The first-order chi connectivity index (χ1) is 21.7. The number of likely N-dealkylation sites (tertiary alicyclic amines) is 1. The molecule has 0 bridgehead atoms. The van der Waals surface area contributed by atoms with Crippen molar-refractivity contribution in [3.63, 3.8) is 0 Å². The van der Waals surface area contributed by atoms with Crippen LogP contribution < -0.4 is 15.4 Å². The van der Waals surface area contributed by atoms with Crippen molar-refractivity contribution in [1.29, 1.82) is 0 Å². The maximum absolute atomic E-state index is 14.1. The Bertz CT molecular complexity index is 1630. The molecule has 0 radical (unpaired) electrons. The van der Waals surface area contributed by atoms with Crippen LogP contribution in [0.4, 0.5) is 5.13 Å². The van der Waals surface area contributed by atoms with Crippen molar-refractivity contribution in [3.05, 3.63) is 42.0 Å². The summed E-state index contributed by atoms with van der Waals surface area (Å²) in [5, 5.41) is 15.6. The van der Waals surface area contributed by atoms with Gasteiger partial charge in [0, 0.05) is 18.7 Å². The van der Waals surface area contributed by atoms with Gasteiger partial charge in [-0.2, -0.15) is 0 Å². The van der Waals surface area contributed by atoms with E-state index in [1.165, 1.54) is 11.3 Å². The molecule has 1 aromatic carbocycles. The lowest BCUT2D eigenvalue weighted by molar-refractivity contribution is -0.143. The highest BCUT2D eigenvalue weighted by Gasteiger charge is 2.43. The fraction of sp³-hybridized carbons (Fsp3) is 0.562. The molecule has 11 nitrogen and oxygen atoms in total. The number of carboxylic acid groups (broad SMARTS) is 1. The number of carbonyl (C=O) groups is 2. The maximum Gasteiger partial charge on any atom is 0.306 e. The van der Waals surface area contributed by atoms with Crippen molar-refractivity contribution >= 4 is 73.3 Å². The van der Waals surface area contributed by atoms with E-state index < -0.39 is 33.0 Å². The van der Waals surface area contributed by atoms with Gasteiger partial charge in [-0.1, -0.05) is 49.2 Å². The van der Waals surface area contributed by atoms with Gasteiger partial charge in [0.25, 0.3) is 0 Å². The highest BCUT2D eigenvalue weighted by molar-refractivity contribution is 7.92. The number of benzene rings is 1. The minimum Gasteiger partial charge on any atom is -0.481 e. The molecule has 2 aliphatic heterocycles. The summed E-state index contributed by atoms with van der Waals surface area (Å²) < 4.78 is 33.5. The van der Waals surface area contributed by atoms with Crippen LogP contribution in [0.2, 0.25) is 0 Å². The number of carbonyl (C=O) groups excluding carboxylic acids is 1. The monoisotopic (exact) mass is 727 g/mol. The van der Waals surface area contributed by atoms with Gasteiger partial charge in [-0.25, -0.2) is 18.4 Å². The van der Waals surface area contributed by atoms with E-state index in [0.29, 0.717) is 46.7 Å². The molecule has 3 atom stereocenters. The molecule has 3 aromatic rings. The second-order valence-electron chi connectivity index (χ2n) is 12.5. The Kier molecular flexibility index (Phi) is 12.9. The molecule has 2 aromatic heterocycles. The third kappa shape index (κ3) is 8.37. The molecule has 3 unspecified atom stereocenters. The number of halogens is 2.